The molecule has 0 fully saturated rings. The second kappa shape index (κ2) is 7.34. The van der Waals surface area contributed by atoms with E-state index >= 15 is 0 Å². The first kappa shape index (κ1) is 17.1. The molecule has 2 rings (SSSR count). The van der Waals surface area contributed by atoms with Gasteiger partial charge >= 0.3 is 5.97 Å². The topological polar surface area (TPSA) is 96.4 Å². The highest BCUT2D eigenvalue weighted by Crippen LogP contribution is 2.13. The van der Waals surface area contributed by atoms with Crippen molar-refractivity contribution in [3.63, 3.8) is 0 Å². The van der Waals surface area contributed by atoms with Crippen LogP contribution in [-0.4, -0.2) is 24.5 Å². The first-order valence-electron chi connectivity index (χ1n) is 7.09. The summed E-state index contributed by atoms with van der Waals surface area (Å²) in [5.74, 6) is -0.879. The maximum atomic E-state index is 12.3. The van der Waals surface area contributed by atoms with Crippen molar-refractivity contribution in [1.29, 1.82) is 0 Å². The van der Waals surface area contributed by atoms with E-state index in [1.54, 1.807) is 24.4 Å². The lowest BCUT2D eigenvalue weighted by atomic mass is 10.1. The highest BCUT2D eigenvalue weighted by molar-refractivity contribution is 7.89. The highest BCUT2D eigenvalue weighted by atomic mass is 32.2. The first-order chi connectivity index (χ1) is 10.9. The summed E-state index contributed by atoms with van der Waals surface area (Å²) >= 11 is 0. The van der Waals surface area contributed by atoms with E-state index in [-0.39, 0.29) is 17.9 Å². The number of hydrogen-bond acceptors (Lipinski definition) is 4. The molecule has 0 bridgehead atoms. The van der Waals surface area contributed by atoms with Crippen molar-refractivity contribution >= 4 is 16.0 Å². The number of carboxylic acids is 1. The fraction of sp³-hybridized carbons (Fsp3) is 0.250. The minimum absolute atomic E-state index is 0.0185. The predicted molar refractivity (Wildman–Crippen MR) is 85.4 cm³/mol. The molecule has 0 saturated heterocycles. The normalized spacial score (nSPS) is 11.3. The fourth-order valence-corrected chi connectivity index (χ4v) is 3.05. The summed E-state index contributed by atoms with van der Waals surface area (Å²) in [6, 6.07) is 9.80. The molecule has 23 heavy (non-hydrogen) atoms. The molecular formula is C16H18N2O4S. The van der Waals surface area contributed by atoms with Gasteiger partial charge in [-0.05, 0) is 42.7 Å². The highest BCUT2D eigenvalue weighted by Gasteiger charge is 2.14. The number of nitrogens with one attached hydrogen (secondary N) is 1. The second-order valence-corrected chi connectivity index (χ2v) is 6.88. The summed E-state index contributed by atoms with van der Waals surface area (Å²) in [4.78, 5) is 14.8. The molecule has 1 aromatic carbocycles. The third-order valence-corrected chi connectivity index (χ3v) is 4.85. The molecule has 0 unspecified atom stereocenters. The van der Waals surface area contributed by atoms with Crippen LogP contribution in [0.5, 0.6) is 0 Å². The summed E-state index contributed by atoms with van der Waals surface area (Å²) in [6.45, 7) is 1.99. The van der Waals surface area contributed by atoms with Gasteiger partial charge in [0.15, 0.2) is 0 Å². The third kappa shape index (κ3) is 4.87. The Morgan fingerprint density at radius 2 is 1.91 bits per heavy atom. The van der Waals surface area contributed by atoms with Crippen LogP contribution in [0.1, 0.15) is 23.2 Å². The summed E-state index contributed by atoms with van der Waals surface area (Å²) in [5.41, 5.74) is 2.38. The average Bonchev–Trinajstić information content (AvgIpc) is 2.52. The van der Waals surface area contributed by atoms with Crippen LogP contribution in [-0.2, 0) is 27.8 Å². The molecule has 2 aromatic rings. The number of pyridine rings is 1. The molecule has 122 valence electrons. The Bertz CT molecular complexity index is 786. The van der Waals surface area contributed by atoms with Crippen molar-refractivity contribution in [2.45, 2.75) is 31.2 Å². The van der Waals surface area contributed by atoms with E-state index in [0.717, 1.165) is 16.8 Å². The van der Waals surface area contributed by atoms with Crippen LogP contribution >= 0.6 is 0 Å². The van der Waals surface area contributed by atoms with Gasteiger partial charge in [0.1, 0.15) is 0 Å². The van der Waals surface area contributed by atoms with Gasteiger partial charge in [0.25, 0.3) is 0 Å². The average molecular weight is 334 g/mol. The van der Waals surface area contributed by atoms with Gasteiger partial charge in [-0.15, -0.1) is 0 Å². The summed E-state index contributed by atoms with van der Waals surface area (Å²) in [6.07, 6.45) is 2.05. The molecule has 0 aliphatic rings. The lowest BCUT2D eigenvalue weighted by Crippen LogP contribution is -2.23. The lowest BCUT2D eigenvalue weighted by molar-refractivity contribution is -0.136. The van der Waals surface area contributed by atoms with Gasteiger partial charge in [0.05, 0.1) is 4.90 Å². The molecule has 6 nitrogen and oxygen atoms in total. The monoisotopic (exact) mass is 334 g/mol. The molecule has 1 aromatic heterocycles. The van der Waals surface area contributed by atoms with Crippen molar-refractivity contribution in [1.82, 2.24) is 9.71 Å². The van der Waals surface area contributed by atoms with Gasteiger partial charge in [-0.2, -0.15) is 0 Å². The Kier molecular flexibility index (Phi) is 5.46. The van der Waals surface area contributed by atoms with Gasteiger partial charge in [0, 0.05) is 24.9 Å². The Hall–Kier alpha value is -2.25. The molecule has 7 heteroatoms. The van der Waals surface area contributed by atoms with E-state index in [2.05, 4.69) is 9.71 Å². The van der Waals surface area contributed by atoms with Gasteiger partial charge in [-0.1, -0.05) is 18.2 Å². The molecule has 0 aliphatic carbocycles. The quantitative estimate of drug-likeness (QED) is 0.806. The summed E-state index contributed by atoms with van der Waals surface area (Å²) < 4.78 is 27.1. The van der Waals surface area contributed by atoms with Gasteiger partial charge in [-0.3, -0.25) is 9.78 Å². The summed E-state index contributed by atoms with van der Waals surface area (Å²) in [5, 5.41) is 8.65. The number of aliphatic carboxylic acids is 1. The van der Waals surface area contributed by atoms with E-state index in [4.69, 9.17) is 5.11 Å². The zero-order chi connectivity index (χ0) is 16.9. The van der Waals surface area contributed by atoms with Crippen LogP contribution in [0.15, 0.2) is 47.5 Å². The molecule has 0 amide bonds. The van der Waals surface area contributed by atoms with E-state index < -0.39 is 16.0 Å². The molecule has 0 spiro atoms. The minimum atomic E-state index is -3.62. The van der Waals surface area contributed by atoms with Crippen molar-refractivity contribution < 1.29 is 18.3 Å². The SMILES string of the molecule is Cc1ncccc1CNS(=O)(=O)c1ccc(CCC(=O)O)cc1. The van der Waals surface area contributed by atoms with E-state index in [0.29, 0.717) is 6.42 Å². The zero-order valence-electron chi connectivity index (χ0n) is 12.7. The second-order valence-electron chi connectivity index (χ2n) is 5.11. The van der Waals surface area contributed by atoms with Crippen molar-refractivity contribution in [3.8, 4) is 0 Å². The maximum absolute atomic E-state index is 12.3. The van der Waals surface area contributed by atoms with Crippen LogP contribution < -0.4 is 4.72 Å². The Morgan fingerprint density at radius 1 is 1.22 bits per heavy atom. The Balaban J connectivity index is 2.04. The van der Waals surface area contributed by atoms with Crippen LogP contribution in [0.3, 0.4) is 0 Å². The number of carbonyl (C=O) groups is 1. The Morgan fingerprint density at radius 3 is 2.52 bits per heavy atom. The number of sulfonamides is 1. The number of rotatable bonds is 7. The number of benzene rings is 1. The van der Waals surface area contributed by atoms with E-state index in [1.807, 2.05) is 13.0 Å². The third-order valence-electron chi connectivity index (χ3n) is 3.43. The van der Waals surface area contributed by atoms with Gasteiger partial charge in [-0.25, -0.2) is 13.1 Å². The Labute approximate surface area is 135 Å². The molecule has 1 heterocycles. The first-order valence-corrected chi connectivity index (χ1v) is 8.58. The molecule has 0 radical (unpaired) electrons. The van der Waals surface area contributed by atoms with Crippen molar-refractivity contribution in [2.24, 2.45) is 0 Å². The van der Waals surface area contributed by atoms with E-state index in [9.17, 15) is 13.2 Å². The largest absolute Gasteiger partial charge is 0.481 e. The van der Waals surface area contributed by atoms with Crippen molar-refractivity contribution in [3.05, 3.63) is 59.4 Å². The van der Waals surface area contributed by atoms with E-state index in [1.165, 1.54) is 12.1 Å². The zero-order valence-corrected chi connectivity index (χ0v) is 13.5. The van der Waals surface area contributed by atoms with Crippen molar-refractivity contribution in [2.75, 3.05) is 0 Å². The van der Waals surface area contributed by atoms with Crippen LogP contribution in [0.25, 0.3) is 0 Å². The standard InChI is InChI=1S/C16H18N2O4S/c1-12-14(3-2-10-17-12)11-18-23(21,22)15-7-4-13(5-8-15)6-9-16(19)20/h2-5,7-8,10,18H,6,9,11H2,1H3,(H,19,20). The smallest absolute Gasteiger partial charge is 0.303 e. The number of aromatic nitrogens is 1. The molecule has 0 atom stereocenters. The van der Waals surface area contributed by atoms with Crippen LogP contribution in [0.4, 0.5) is 0 Å². The minimum Gasteiger partial charge on any atom is -0.481 e. The molecule has 0 aliphatic heterocycles. The number of aryl methyl sites for hydroxylation is 2. The molecule has 0 saturated carbocycles. The van der Waals surface area contributed by atoms with Crippen LogP contribution in [0.2, 0.25) is 0 Å². The number of hydrogen-bond donors (Lipinski definition) is 2. The molecule has 2 N–H and O–H groups in total. The predicted octanol–water partition coefficient (Wildman–Crippen LogP) is 1.89. The molecular weight excluding hydrogens is 316 g/mol. The maximum Gasteiger partial charge on any atom is 0.303 e. The van der Waals surface area contributed by atoms with Gasteiger partial charge < -0.3 is 5.11 Å². The summed E-state index contributed by atoms with van der Waals surface area (Å²) in [7, 11) is -3.62. The van der Waals surface area contributed by atoms with Gasteiger partial charge in [0.2, 0.25) is 10.0 Å². The number of carboxylic acid groups (broad SMARTS) is 1. The fourth-order valence-electron chi connectivity index (χ4n) is 2.05. The number of nitrogens with zero attached hydrogens (tertiary/aromatic N) is 1. The van der Waals surface area contributed by atoms with Crippen LogP contribution in [0, 0.1) is 6.92 Å². The lowest BCUT2D eigenvalue weighted by Gasteiger charge is -2.09.